The van der Waals surface area contributed by atoms with Crippen LogP contribution >= 0.6 is 0 Å². The molecule has 0 radical (unpaired) electrons. The van der Waals surface area contributed by atoms with Crippen LogP contribution in [0.5, 0.6) is 0 Å². The lowest BCUT2D eigenvalue weighted by atomic mass is 9.96. The Morgan fingerprint density at radius 2 is 1.80 bits per heavy atom. The quantitative estimate of drug-likeness (QED) is 0.402. The highest BCUT2D eigenvalue weighted by Gasteiger charge is 2.46. The minimum atomic E-state index is -0.676. The first-order valence-corrected chi connectivity index (χ1v) is 9.82. The predicted molar refractivity (Wildman–Crippen MR) is 114 cm³/mol. The van der Waals surface area contributed by atoms with Crippen molar-refractivity contribution in [2.45, 2.75) is 13.0 Å². The van der Waals surface area contributed by atoms with Crippen LogP contribution in [0.25, 0.3) is 11.4 Å². The number of imidazole rings is 1. The summed E-state index contributed by atoms with van der Waals surface area (Å²) in [6.45, 7) is 2.76. The van der Waals surface area contributed by atoms with Crippen molar-refractivity contribution in [1.82, 2.24) is 19.2 Å². The Morgan fingerprint density at radius 1 is 1.10 bits per heavy atom. The second-order valence-electron chi connectivity index (χ2n) is 7.68. The highest BCUT2D eigenvalue weighted by molar-refractivity contribution is 6.46. The number of carbonyl (C=O) groups is 2. The maximum atomic E-state index is 13.1. The summed E-state index contributed by atoms with van der Waals surface area (Å²) in [5.41, 5.74) is 2.55. The number of rotatable bonds is 5. The number of hydrogen-bond acceptors (Lipinski definition) is 5. The molecule has 154 valence electrons. The van der Waals surface area contributed by atoms with E-state index in [4.69, 9.17) is 0 Å². The third kappa shape index (κ3) is 3.27. The van der Waals surface area contributed by atoms with E-state index in [-0.39, 0.29) is 11.3 Å². The number of fused-ring (bicyclic) bond motifs is 1. The lowest BCUT2D eigenvalue weighted by molar-refractivity contribution is -0.140. The van der Waals surface area contributed by atoms with E-state index in [1.54, 1.807) is 22.4 Å². The van der Waals surface area contributed by atoms with Gasteiger partial charge in [0.25, 0.3) is 11.7 Å². The molecule has 1 N–H and O–H groups in total. The number of aryl methyl sites for hydroxylation is 1. The number of likely N-dealkylation sites (N-methyl/N-ethyl adjacent to an activating group) is 1. The van der Waals surface area contributed by atoms with Crippen LogP contribution in [0.1, 0.15) is 23.0 Å². The number of hydrogen-bond donors (Lipinski definition) is 1. The van der Waals surface area contributed by atoms with E-state index in [1.165, 1.54) is 0 Å². The summed E-state index contributed by atoms with van der Waals surface area (Å²) in [5, 5.41) is 11.3. The molecule has 2 aromatic heterocycles. The number of aliphatic hydroxyl groups excluding tert-OH is 1. The number of aromatic nitrogens is 2. The molecule has 7 nitrogen and oxygen atoms in total. The smallest absolute Gasteiger partial charge is 0.295 e. The van der Waals surface area contributed by atoms with E-state index >= 15 is 0 Å². The van der Waals surface area contributed by atoms with Gasteiger partial charge in [-0.2, -0.15) is 0 Å². The highest BCUT2D eigenvalue weighted by Crippen LogP contribution is 2.39. The zero-order chi connectivity index (χ0) is 21.4. The Hall–Kier alpha value is -3.45. The number of aliphatic hydroxyl groups is 1. The maximum absolute atomic E-state index is 13.1. The summed E-state index contributed by atoms with van der Waals surface area (Å²) in [6, 6.07) is 14.2. The average Bonchev–Trinajstić information content (AvgIpc) is 3.20. The molecule has 7 heteroatoms. The SMILES string of the molecule is Cc1nc2ccccn2c1/C(O)=C1\C(=O)C(=O)N(CCN(C)C)[C@H]1c1ccccc1. The fourth-order valence-electron chi connectivity index (χ4n) is 3.93. The number of likely N-dealkylation sites (tertiary alicyclic amines) is 1. The molecule has 1 amide bonds. The van der Waals surface area contributed by atoms with Crippen molar-refractivity contribution in [1.29, 1.82) is 0 Å². The molecule has 3 aromatic rings. The number of benzene rings is 1. The summed E-state index contributed by atoms with van der Waals surface area (Å²) in [6.07, 6.45) is 1.78. The van der Waals surface area contributed by atoms with Crippen molar-refractivity contribution in [3.8, 4) is 0 Å². The van der Waals surface area contributed by atoms with E-state index < -0.39 is 17.7 Å². The Kier molecular flexibility index (Phi) is 5.13. The first kappa shape index (κ1) is 19.8. The molecular weight excluding hydrogens is 380 g/mol. The van der Waals surface area contributed by atoms with Gasteiger partial charge >= 0.3 is 0 Å². The lowest BCUT2D eigenvalue weighted by Crippen LogP contribution is -2.35. The highest BCUT2D eigenvalue weighted by atomic mass is 16.3. The van der Waals surface area contributed by atoms with Crippen molar-refractivity contribution < 1.29 is 14.7 Å². The van der Waals surface area contributed by atoms with E-state index in [0.717, 1.165) is 5.56 Å². The van der Waals surface area contributed by atoms with Crippen molar-refractivity contribution in [3.63, 3.8) is 0 Å². The van der Waals surface area contributed by atoms with E-state index in [1.807, 2.05) is 67.5 Å². The minimum Gasteiger partial charge on any atom is -0.505 e. The van der Waals surface area contributed by atoms with Gasteiger partial charge in [-0.05, 0) is 38.7 Å². The van der Waals surface area contributed by atoms with Crippen LogP contribution in [0.15, 0.2) is 60.3 Å². The Labute approximate surface area is 174 Å². The van der Waals surface area contributed by atoms with Gasteiger partial charge in [-0.15, -0.1) is 0 Å². The van der Waals surface area contributed by atoms with E-state index in [2.05, 4.69) is 4.98 Å². The van der Waals surface area contributed by atoms with Crippen molar-refractivity contribution >= 4 is 23.1 Å². The van der Waals surface area contributed by atoms with Gasteiger partial charge in [0.2, 0.25) is 0 Å². The topological polar surface area (TPSA) is 78.1 Å². The molecule has 1 atom stereocenters. The van der Waals surface area contributed by atoms with Crippen LogP contribution in [-0.4, -0.2) is 63.2 Å². The molecule has 0 bridgehead atoms. The Bertz CT molecular complexity index is 1150. The number of ketones is 1. The summed E-state index contributed by atoms with van der Waals surface area (Å²) >= 11 is 0. The fraction of sp³-hybridized carbons (Fsp3) is 0.261. The number of Topliss-reactive ketones (excluding diaryl/α,β-unsaturated/α-hetero) is 1. The van der Waals surface area contributed by atoms with Gasteiger partial charge in [0.15, 0.2) is 5.76 Å². The minimum absolute atomic E-state index is 0.0960. The molecule has 1 aliphatic heterocycles. The molecule has 1 aliphatic rings. The van der Waals surface area contributed by atoms with Crippen LogP contribution in [0.4, 0.5) is 0 Å². The second-order valence-corrected chi connectivity index (χ2v) is 7.68. The monoisotopic (exact) mass is 404 g/mol. The summed E-state index contributed by atoms with van der Waals surface area (Å²) in [4.78, 5) is 34.0. The molecule has 30 heavy (non-hydrogen) atoms. The molecule has 1 saturated heterocycles. The van der Waals surface area contributed by atoms with Crippen molar-refractivity contribution in [2.75, 3.05) is 27.2 Å². The Balaban J connectivity index is 1.92. The second kappa shape index (κ2) is 7.76. The first-order chi connectivity index (χ1) is 14.4. The van der Waals surface area contributed by atoms with Crippen molar-refractivity contribution in [2.24, 2.45) is 0 Å². The first-order valence-electron chi connectivity index (χ1n) is 9.82. The normalized spacial score (nSPS) is 18.7. The predicted octanol–water partition coefficient (Wildman–Crippen LogP) is 2.63. The molecule has 0 saturated carbocycles. The molecule has 1 fully saturated rings. The zero-order valence-electron chi connectivity index (χ0n) is 17.2. The van der Waals surface area contributed by atoms with Crippen LogP contribution in [0.3, 0.4) is 0 Å². The number of amides is 1. The summed E-state index contributed by atoms with van der Waals surface area (Å²) in [5.74, 6) is -1.48. The van der Waals surface area contributed by atoms with Crippen LogP contribution in [-0.2, 0) is 9.59 Å². The lowest BCUT2D eigenvalue weighted by Gasteiger charge is -2.26. The third-order valence-electron chi connectivity index (χ3n) is 5.37. The van der Waals surface area contributed by atoms with Gasteiger partial charge in [0.05, 0.1) is 17.3 Å². The molecule has 4 rings (SSSR count). The molecule has 0 spiro atoms. The Morgan fingerprint density at radius 3 is 2.50 bits per heavy atom. The maximum Gasteiger partial charge on any atom is 0.295 e. The molecule has 1 aromatic carbocycles. The van der Waals surface area contributed by atoms with Gasteiger partial charge in [0, 0.05) is 19.3 Å². The van der Waals surface area contributed by atoms with Gasteiger partial charge < -0.3 is 14.9 Å². The number of nitrogens with zero attached hydrogens (tertiary/aromatic N) is 4. The van der Waals surface area contributed by atoms with Gasteiger partial charge in [-0.25, -0.2) is 4.98 Å². The van der Waals surface area contributed by atoms with Gasteiger partial charge in [-0.1, -0.05) is 36.4 Å². The van der Waals surface area contributed by atoms with Crippen molar-refractivity contribution in [3.05, 3.63) is 77.3 Å². The average molecular weight is 404 g/mol. The zero-order valence-corrected chi connectivity index (χ0v) is 17.2. The van der Waals surface area contributed by atoms with E-state index in [9.17, 15) is 14.7 Å². The molecule has 0 unspecified atom stereocenters. The fourth-order valence-corrected chi connectivity index (χ4v) is 3.93. The number of pyridine rings is 1. The van der Waals surface area contributed by atoms with Crippen LogP contribution < -0.4 is 0 Å². The molecule has 0 aliphatic carbocycles. The summed E-state index contributed by atoms with van der Waals surface area (Å²) < 4.78 is 1.74. The molecular formula is C23H24N4O3. The number of carbonyl (C=O) groups excluding carboxylic acids is 2. The van der Waals surface area contributed by atoms with Gasteiger partial charge in [0.1, 0.15) is 11.3 Å². The standard InChI is InChI=1S/C23H24N4O3/c1-15-19(26-12-8-7-11-17(26)24-15)21(28)18-20(16-9-5-4-6-10-16)27(14-13-25(2)3)23(30)22(18)29/h4-12,20,28H,13-14H2,1-3H3/b21-18+/t20-/m0/s1. The third-order valence-corrected chi connectivity index (χ3v) is 5.37. The summed E-state index contributed by atoms with van der Waals surface area (Å²) in [7, 11) is 3.83. The largest absolute Gasteiger partial charge is 0.505 e. The van der Waals surface area contributed by atoms with Crippen LogP contribution in [0, 0.1) is 6.92 Å². The van der Waals surface area contributed by atoms with Crippen LogP contribution in [0.2, 0.25) is 0 Å². The molecule has 3 heterocycles. The van der Waals surface area contributed by atoms with E-state index in [0.29, 0.717) is 30.1 Å². The van der Waals surface area contributed by atoms with Gasteiger partial charge in [-0.3, -0.25) is 14.0 Å².